The zero-order valence-electron chi connectivity index (χ0n) is 39.0. The van der Waals surface area contributed by atoms with Crippen LogP contribution in [0.4, 0.5) is 0 Å². The van der Waals surface area contributed by atoms with Gasteiger partial charge in [-0.1, -0.05) is 197 Å². The number of hydrogen-bond donors (Lipinski definition) is 3. The number of rotatable bonds is 43. The number of phosphoric acid groups is 1. The van der Waals surface area contributed by atoms with E-state index in [1.165, 1.54) is 116 Å². The Morgan fingerprint density at radius 3 is 1.49 bits per heavy atom. The van der Waals surface area contributed by atoms with Crippen molar-refractivity contribution in [1.29, 1.82) is 0 Å². The van der Waals surface area contributed by atoms with Gasteiger partial charge in [-0.25, -0.2) is 4.57 Å². The maximum absolute atomic E-state index is 12.9. The molecule has 3 unspecified atom stereocenters. The highest BCUT2D eigenvalue weighted by atomic mass is 31.2. The summed E-state index contributed by atoms with van der Waals surface area (Å²) >= 11 is 0. The van der Waals surface area contributed by atoms with Gasteiger partial charge in [-0.05, 0) is 57.8 Å². The molecule has 0 aromatic carbocycles. The first-order chi connectivity index (χ1) is 28.5. The van der Waals surface area contributed by atoms with Gasteiger partial charge in [-0.3, -0.25) is 13.8 Å². The van der Waals surface area contributed by atoms with Crippen LogP contribution in [0.1, 0.15) is 200 Å². The summed E-state index contributed by atoms with van der Waals surface area (Å²) in [6.45, 7) is 4.69. The number of phosphoric ester groups is 1. The zero-order valence-corrected chi connectivity index (χ0v) is 39.9. The first kappa shape index (κ1) is 57.2. The molecule has 9 heteroatoms. The van der Waals surface area contributed by atoms with E-state index in [9.17, 15) is 19.4 Å². The summed E-state index contributed by atoms with van der Waals surface area (Å²) < 4.78 is 23.6. The molecule has 0 heterocycles. The van der Waals surface area contributed by atoms with Gasteiger partial charge in [-0.2, -0.15) is 0 Å². The van der Waals surface area contributed by atoms with Crippen LogP contribution in [0.5, 0.6) is 0 Å². The largest absolute Gasteiger partial charge is 0.472 e. The Labute approximate surface area is 364 Å². The van der Waals surface area contributed by atoms with Crippen molar-refractivity contribution in [1.82, 2.24) is 5.32 Å². The molecule has 0 saturated carbocycles. The quantitative estimate of drug-likeness (QED) is 0.0244. The summed E-state index contributed by atoms with van der Waals surface area (Å²) in [5, 5.41) is 13.8. The molecule has 0 bridgehead atoms. The van der Waals surface area contributed by atoms with Crippen LogP contribution in [0, 0.1) is 0 Å². The van der Waals surface area contributed by atoms with E-state index in [0.29, 0.717) is 17.4 Å². The number of quaternary nitrogens is 1. The van der Waals surface area contributed by atoms with Gasteiger partial charge in [0.15, 0.2) is 0 Å². The van der Waals surface area contributed by atoms with E-state index in [1.807, 2.05) is 27.2 Å². The lowest BCUT2D eigenvalue weighted by atomic mass is 10.0. The van der Waals surface area contributed by atoms with Crippen LogP contribution in [-0.2, 0) is 18.4 Å². The van der Waals surface area contributed by atoms with Gasteiger partial charge in [0.25, 0.3) is 0 Å². The average Bonchev–Trinajstić information content (AvgIpc) is 3.19. The average molecular weight is 850 g/mol. The van der Waals surface area contributed by atoms with Crippen molar-refractivity contribution in [2.24, 2.45) is 0 Å². The summed E-state index contributed by atoms with van der Waals surface area (Å²) in [6.07, 6.45) is 54.3. The molecule has 0 aliphatic heterocycles. The van der Waals surface area contributed by atoms with Crippen LogP contribution >= 0.6 is 7.82 Å². The zero-order chi connectivity index (χ0) is 43.6. The van der Waals surface area contributed by atoms with Crippen LogP contribution in [-0.4, -0.2) is 73.4 Å². The highest BCUT2D eigenvalue weighted by Gasteiger charge is 2.27. The molecule has 0 aliphatic rings. The highest BCUT2D eigenvalue weighted by Crippen LogP contribution is 2.43. The van der Waals surface area contributed by atoms with E-state index in [0.717, 1.165) is 64.2 Å². The Morgan fingerprint density at radius 1 is 0.593 bits per heavy atom. The van der Waals surface area contributed by atoms with Gasteiger partial charge in [0.05, 0.1) is 39.9 Å². The lowest BCUT2D eigenvalue weighted by Gasteiger charge is -2.25. The molecule has 0 aliphatic carbocycles. The second-order valence-corrected chi connectivity index (χ2v) is 18.9. The van der Waals surface area contributed by atoms with Gasteiger partial charge in [0.2, 0.25) is 5.91 Å². The van der Waals surface area contributed by atoms with Crippen LogP contribution in [0.15, 0.2) is 60.8 Å². The van der Waals surface area contributed by atoms with Gasteiger partial charge < -0.3 is 19.8 Å². The van der Waals surface area contributed by atoms with Crippen molar-refractivity contribution in [3.8, 4) is 0 Å². The Morgan fingerprint density at radius 2 is 1.02 bits per heavy atom. The second-order valence-electron chi connectivity index (χ2n) is 17.5. The number of nitrogens with zero attached hydrogens (tertiary/aromatic N) is 1. The molecule has 8 nitrogen and oxygen atoms in total. The molecule has 344 valence electrons. The number of unbranched alkanes of at least 4 members (excludes halogenated alkanes) is 22. The van der Waals surface area contributed by atoms with Crippen molar-refractivity contribution < 1.29 is 32.9 Å². The van der Waals surface area contributed by atoms with Crippen molar-refractivity contribution in [3.05, 3.63) is 60.8 Å². The van der Waals surface area contributed by atoms with Crippen LogP contribution in [0.3, 0.4) is 0 Å². The van der Waals surface area contributed by atoms with Crippen molar-refractivity contribution >= 4 is 13.7 Å². The Hall–Kier alpha value is -1.80. The number of hydrogen-bond acceptors (Lipinski definition) is 5. The summed E-state index contributed by atoms with van der Waals surface area (Å²) in [7, 11) is 1.56. The normalized spacial score (nSPS) is 14.8. The molecule has 1 amide bonds. The molecule has 0 spiro atoms. The molecule has 3 N–H and O–H groups in total. The number of allylic oxidation sites excluding steroid dienone is 9. The summed E-state index contributed by atoms with van der Waals surface area (Å²) in [4.78, 5) is 23.2. The summed E-state index contributed by atoms with van der Waals surface area (Å²) in [5.41, 5.74) is 0. The number of aliphatic hydroxyl groups is 1. The van der Waals surface area contributed by atoms with Crippen LogP contribution in [0.25, 0.3) is 0 Å². The van der Waals surface area contributed by atoms with E-state index >= 15 is 0 Å². The van der Waals surface area contributed by atoms with Crippen molar-refractivity contribution in [3.63, 3.8) is 0 Å². The van der Waals surface area contributed by atoms with E-state index < -0.39 is 20.0 Å². The minimum atomic E-state index is -4.34. The first-order valence-corrected chi connectivity index (χ1v) is 25.7. The molecule has 0 aromatic heterocycles. The van der Waals surface area contributed by atoms with Crippen molar-refractivity contribution in [2.45, 2.75) is 212 Å². The Balaban J connectivity index is 4.32. The van der Waals surface area contributed by atoms with E-state index in [1.54, 1.807) is 6.08 Å². The lowest BCUT2D eigenvalue weighted by molar-refractivity contribution is -0.870. The van der Waals surface area contributed by atoms with Gasteiger partial charge in [0.1, 0.15) is 13.2 Å². The monoisotopic (exact) mass is 850 g/mol. The fourth-order valence-electron chi connectivity index (χ4n) is 6.68. The molecule has 59 heavy (non-hydrogen) atoms. The number of carbonyl (C=O) groups excluding carboxylic acids is 1. The maximum atomic E-state index is 12.9. The van der Waals surface area contributed by atoms with Crippen molar-refractivity contribution in [2.75, 3.05) is 40.9 Å². The minimum absolute atomic E-state index is 0.0586. The van der Waals surface area contributed by atoms with Crippen LogP contribution < -0.4 is 5.32 Å². The molecule has 0 rings (SSSR count). The second kappa shape index (κ2) is 41.5. The SMILES string of the molecule is CC/C=C\C/C=C\C/C=C\C/C=C\CCCCCCCCCCCCC(=O)NC(COP(=O)(O)OCC[N+](C)(C)C)C(O)/C=C/CCCCCCCCCCCCCC. The molecule has 0 aromatic rings. The number of likely N-dealkylation sites (N-methyl/N-ethyl adjacent to an activating group) is 1. The third-order valence-electron chi connectivity index (χ3n) is 10.5. The summed E-state index contributed by atoms with van der Waals surface area (Å²) in [6, 6.07) is -0.850. The molecular formula is C50H94N2O6P+. The minimum Gasteiger partial charge on any atom is -0.387 e. The first-order valence-electron chi connectivity index (χ1n) is 24.2. The molecule has 0 radical (unpaired) electrons. The molecule has 0 saturated heterocycles. The fourth-order valence-corrected chi connectivity index (χ4v) is 7.41. The number of amides is 1. The van der Waals surface area contributed by atoms with E-state index in [2.05, 4.69) is 67.8 Å². The third kappa shape index (κ3) is 44.1. The van der Waals surface area contributed by atoms with Gasteiger partial charge in [-0.15, -0.1) is 0 Å². The summed E-state index contributed by atoms with van der Waals surface area (Å²) in [5.74, 6) is -0.184. The Bertz CT molecular complexity index is 1140. The molecule has 0 fully saturated rings. The smallest absolute Gasteiger partial charge is 0.387 e. The standard InChI is InChI=1S/C50H93N2O6P/c1-6-8-10-12-14-16-18-20-22-23-24-25-26-27-28-29-30-32-34-36-38-40-42-44-50(54)51-48(47-58-59(55,56)57-46-45-52(3,4)5)49(53)43-41-39-37-35-33-31-21-19-17-15-13-11-9-7-2/h8,10,14,16,20,22,24-25,41,43,48-49,53H,6-7,9,11-13,15,17-19,21,23,26-40,42,44-47H2,1-5H3,(H-,51,54,55,56)/p+1/b10-8-,16-14-,22-20-,25-24-,43-41+. The lowest BCUT2D eigenvalue weighted by Crippen LogP contribution is -2.45. The fraction of sp³-hybridized carbons (Fsp3) is 0.780. The van der Waals surface area contributed by atoms with Gasteiger partial charge >= 0.3 is 7.82 Å². The molecule has 3 atom stereocenters. The maximum Gasteiger partial charge on any atom is 0.472 e. The molecular weight excluding hydrogens is 756 g/mol. The Kier molecular flexibility index (Phi) is 40.3. The number of aliphatic hydroxyl groups excluding tert-OH is 1. The predicted molar refractivity (Wildman–Crippen MR) is 254 cm³/mol. The van der Waals surface area contributed by atoms with E-state index in [-0.39, 0.29) is 19.1 Å². The van der Waals surface area contributed by atoms with Gasteiger partial charge in [0, 0.05) is 6.42 Å². The van der Waals surface area contributed by atoms with E-state index in [4.69, 9.17) is 9.05 Å². The number of carbonyl (C=O) groups is 1. The number of nitrogens with one attached hydrogen (secondary N) is 1. The highest BCUT2D eigenvalue weighted by molar-refractivity contribution is 7.47. The topological polar surface area (TPSA) is 105 Å². The predicted octanol–water partition coefficient (Wildman–Crippen LogP) is 13.8. The third-order valence-corrected chi connectivity index (χ3v) is 11.5. The van der Waals surface area contributed by atoms with Crippen LogP contribution in [0.2, 0.25) is 0 Å².